The minimum Gasteiger partial charge on any atom is -0.273 e. The first-order valence-electron chi connectivity index (χ1n) is 8.93. The highest BCUT2D eigenvalue weighted by molar-refractivity contribution is 7.94. The first-order chi connectivity index (χ1) is 13.5. The highest BCUT2D eigenvalue weighted by Gasteiger charge is 2.37. The van der Waals surface area contributed by atoms with E-state index in [9.17, 15) is 26.0 Å². The van der Waals surface area contributed by atoms with Crippen molar-refractivity contribution in [3.63, 3.8) is 0 Å². The molecule has 156 valence electrons. The Bertz CT molecular complexity index is 1150. The Labute approximate surface area is 169 Å². The fraction of sp³-hybridized carbons (Fsp3) is 0.316. The van der Waals surface area contributed by atoms with Gasteiger partial charge in [0.15, 0.2) is 0 Å². The van der Waals surface area contributed by atoms with Crippen LogP contribution in [0.4, 0.5) is 10.1 Å². The molecule has 0 atom stereocenters. The number of nitrogens with one attached hydrogen (secondary N) is 1. The minimum atomic E-state index is -3.91. The Balaban J connectivity index is 1.84. The molecule has 7 nitrogen and oxygen atoms in total. The van der Waals surface area contributed by atoms with Crippen LogP contribution in [0.1, 0.15) is 23.1 Å². The van der Waals surface area contributed by atoms with Crippen molar-refractivity contribution in [1.29, 1.82) is 0 Å². The number of aryl methyl sites for hydroxylation is 2. The van der Waals surface area contributed by atoms with Gasteiger partial charge in [0.2, 0.25) is 26.0 Å². The molecule has 1 heterocycles. The first-order valence-corrected chi connectivity index (χ1v) is 12.0. The van der Waals surface area contributed by atoms with Crippen LogP contribution in [0.15, 0.2) is 41.3 Å². The smallest absolute Gasteiger partial charge is 0.242 e. The monoisotopic (exact) mass is 440 g/mol. The molecule has 0 aromatic heterocycles. The van der Waals surface area contributed by atoms with Crippen molar-refractivity contribution in [2.24, 2.45) is 0 Å². The molecule has 1 fully saturated rings. The van der Waals surface area contributed by atoms with Crippen LogP contribution in [-0.2, 0) is 31.3 Å². The second-order valence-corrected chi connectivity index (χ2v) is 10.5. The maximum atomic E-state index is 13.7. The lowest BCUT2D eigenvalue weighted by atomic mass is 10.1. The lowest BCUT2D eigenvalue weighted by molar-refractivity contribution is -0.116. The number of anilines is 1. The molecule has 0 unspecified atom stereocenters. The van der Waals surface area contributed by atoms with E-state index in [4.69, 9.17) is 0 Å². The summed E-state index contributed by atoms with van der Waals surface area (Å²) < 4.78 is 66.7. The van der Waals surface area contributed by atoms with Crippen LogP contribution in [0.2, 0.25) is 0 Å². The van der Waals surface area contributed by atoms with Crippen LogP contribution in [-0.4, -0.2) is 35.0 Å². The van der Waals surface area contributed by atoms with Crippen LogP contribution in [0.3, 0.4) is 0 Å². The summed E-state index contributed by atoms with van der Waals surface area (Å²) in [5.41, 5.74) is 1.16. The SMILES string of the molecule is Cc1cc(N2C(=O)CCS2(=O)=O)cc(C)c1S(=O)(=O)NCCc1ccccc1F. The molecule has 0 spiro atoms. The van der Waals surface area contributed by atoms with E-state index in [1.165, 1.54) is 32.0 Å². The number of hydrogen-bond donors (Lipinski definition) is 1. The molecule has 0 saturated carbocycles. The average Bonchev–Trinajstić information content (AvgIpc) is 2.88. The summed E-state index contributed by atoms with van der Waals surface area (Å²) in [6.45, 7) is 3.08. The second kappa shape index (κ2) is 7.85. The number of amides is 1. The first kappa shape index (κ1) is 21.4. The summed E-state index contributed by atoms with van der Waals surface area (Å²) in [5, 5.41) is 0. The molecule has 1 aliphatic heterocycles. The fourth-order valence-corrected chi connectivity index (χ4v) is 6.35. The van der Waals surface area contributed by atoms with Crippen LogP contribution in [0.25, 0.3) is 0 Å². The highest BCUT2D eigenvalue weighted by atomic mass is 32.2. The van der Waals surface area contributed by atoms with Crippen molar-refractivity contribution < 1.29 is 26.0 Å². The molecule has 0 aliphatic carbocycles. The van der Waals surface area contributed by atoms with E-state index in [0.29, 0.717) is 16.7 Å². The van der Waals surface area contributed by atoms with Gasteiger partial charge in [0.25, 0.3) is 0 Å². The molecule has 2 aromatic rings. The van der Waals surface area contributed by atoms with E-state index in [-0.39, 0.29) is 35.7 Å². The van der Waals surface area contributed by atoms with Crippen LogP contribution in [0.5, 0.6) is 0 Å². The van der Waals surface area contributed by atoms with Gasteiger partial charge in [-0.05, 0) is 55.2 Å². The summed E-state index contributed by atoms with van der Waals surface area (Å²) in [4.78, 5) is 12.0. The molecule has 10 heteroatoms. The third-order valence-electron chi connectivity index (χ3n) is 4.67. The van der Waals surface area contributed by atoms with E-state index < -0.39 is 31.8 Å². The molecular weight excluding hydrogens is 419 g/mol. The Hall–Kier alpha value is -2.30. The number of hydrogen-bond acceptors (Lipinski definition) is 5. The van der Waals surface area contributed by atoms with Crippen LogP contribution in [0, 0.1) is 19.7 Å². The van der Waals surface area contributed by atoms with Crippen molar-refractivity contribution in [1.82, 2.24) is 4.72 Å². The van der Waals surface area contributed by atoms with Gasteiger partial charge < -0.3 is 0 Å². The van der Waals surface area contributed by atoms with Crippen molar-refractivity contribution in [2.75, 3.05) is 16.6 Å². The summed E-state index contributed by atoms with van der Waals surface area (Å²) in [6, 6.07) is 8.88. The molecule has 2 aromatic carbocycles. The zero-order valence-corrected chi connectivity index (χ0v) is 17.6. The molecule has 0 radical (unpaired) electrons. The summed E-state index contributed by atoms with van der Waals surface area (Å²) in [5.74, 6) is -1.20. The fourth-order valence-electron chi connectivity index (χ4n) is 3.43. The quantitative estimate of drug-likeness (QED) is 0.741. The van der Waals surface area contributed by atoms with E-state index >= 15 is 0 Å². The Morgan fingerprint density at radius 1 is 1.14 bits per heavy atom. The van der Waals surface area contributed by atoms with Crippen LogP contribution >= 0.6 is 0 Å². The molecule has 1 amide bonds. The predicted octanol–water partition coefficient (Wildman–Crippen LogP) is 2.03. The normalized spacial score (nSPS) is 16.4. The number of halogens is 1. The zero-order valence-electron chi connectivity index (χ0n) is 16.0. The number of sulfonamides is 2. The molecule has 3 rings (SSSR count). The Morgan fingerprint density at radius 3 is 2.31 bits per heavy atom. The molecule has 1 saturated heterocycles. The lowest BCUT2D eigenvalue weighted by Crippen LogP contribution is -2.30. The number of nitrogens with zero attached hydrogens (tertiary/aromatic N) is 1. The largest absolute Gasteiger partial charge is 0.273 e. The topological polar surface area (TPSA) is 101 Å². The number of carbonyl (C=O) groups is 1. The average molecular weight is 441 g/mol. The van der Waals surface area contributed by atoms with Gasteiger partial charge in [-0.3, -0.25) is 4.79 Å². The molecule has 29 heavy (non-hydrogen) atoms. The van der Waals surface area contributed by atoms with Crippen molar-refractivity contribution >= 4 is 31.6 Å². The van der Waals surface area contributed by atoms with E-state index in [2.05, 4.69) is 4.72 Å². The van der Waals surface area contributed by atoms with Crippen molar-refractivity contribution in [3.05, 3.63) is 58.9 Å². The maximum Gasteiger partial charge on any atom is 0.242 e. The van der Waals surface area contributed by atoms with Gasteiger partial charge in [-0.25, -0.2) is 30.3 Å². The standard InChI is InChI=1S/C19H21FN2O5S2/c1-13-11-16(22-18(23)8-10-28(22,24)25)12-14(2)19(13)29(26,27)21-9-7-15-5-3-4-6-17(15)20/h3-6,11-12,21H,7-10H2,1-2H3. The number of benzene rings is 2. The van der Waals surface area contributed by atoms with E-state index in [0.717, 1.165) is 4.31 Å². The summed E-state index contributed by atoms with van der Waals surface area (Å²) in [7, 11) is -7.65. The molecule has 1 aliphatic rings. The van der Waals surface area contributed by atoms with Gasteiger partial charge in [0.1, 0.15) is 5.82 Å². The third-order valence-corrected chi connectivity index (χ3v) is 8.13. The molecule has 0 bridgehead atoms. The third kappa shape index (κ3) is 4.34. The molecule has 1 N–H and O–H groups in total. The zero-order chi connectivity index (χ0) is 21.4. The van der Waals surface area contributed by atoms with Gasteiger partial charge in [-0.1, -0.05) is 18.2 Å². The van der Waals surface area contributed by atoms with Crippen LogP contribution < -0.4 is 9.03 Å². The number of carbonyl (C=O) groups excluding carboxylic acids is 1. The van der Waals surface area contributed by atoms with Gasteiger partial charge >= 0.3 is 0 Å². The lowest BCUT2D eigenvalue weighted by Gasteiger charge is -2.19. The molecular formula is C19H21FN2O5S2. The van der Waals surface area contributed by atoms with E-state index in [1.54, 1.807) is 18.2 Å². The van der Waals surface area contributed by atoms with Gasteiger partial charge in [0.05, 0.1) is 16.3 Å². The Kier molecular flexibility index (Phi) is 5.79. The van der Waals surface area contributed by atoms with Gasteiger partial charge in [0, 0.05) is 13.0 Å². The summed E-state index contributed by atoms with van der Waals surface area (Å²) in [6.07, 6.45) is 0.0840. The maximum absolute atomic E-state index is 13.7. The minimum absolute atomic E-state index is 0.00287. The Morgan fingerprint density at radius 2 is 1.76 bits per heavy atom. The van der Waals surface area contributed by atoms with Crippen molar-refractivity contribution in [2.45, 2.75) is 31.6 Å². The predicted molar refractivity (Wildman–Crippen MR) is 107 cm³/mol. The van der Waals surface area contributed by atoms with Gasteiger partial charge in [-0.2, -0.15) is 0 Å². The van der Waals surface area contributed by atoms with Crippen molar-refractivity contribution in [3.8, 4) is 0 Å². The second-order valence-electron chi connectivity index (χ2n) is 6.87. The summed E-state index contributed by atoms with van der Waals surface area (Å²) >= 11 is 0. The highest BCUT2D eigenvalue weighted by Crippen LogP contribution is 2.31. The van der Waals surface area contributed by atoms with Gasteiger partial charge in [-0.15, -0.1) is 0 Å². The number of rotatable bonds is 6. The van der Waals surface area contributed by atoms with E-state index in [1.807, 2.05) is 0 Å².